The Morgan fingerprint density at radius 3 is 2.44 bits per heavy atom. The van der Waals surface area contributed by atoms with Gasteiger partial charge >= 0.3 is 0 Å². The molecule has 0 aromatic heterocycles. The minimum Gasteiger partial charge on any atom is -0.334 e. The van der Waals surface area contributed by atoms with Gasteiger partial charge in [-0.1, -0.05) is 13.0 Å². The van der Waals surface area contributed by atoms with Gasteiger partial charge in [-0.25, -0.2) is 0 Å². The molecule has 1 N–H and O–H groups in total. The van der Waals surface area contributed by atoms with Gasteiger partial charge in [-0.15, -0.1) is 6.58 Å². The lowest BCUT2D eigenvalue weighted by molar-refractivity contribution is -0.135. The first-order valence-corrected chi connectivity index (χ1v) is 5.97. The van der Waals surface area contributed by atoms with Gasteiger partial charge in [0.25, 0.3) is 0 Å². The fourth-order valence-electron chi connectivity index (χ4n) is 1.67. The predicted octanol–water partition coefficient (Wildman–Crippen LogP) is 2.19. The van der Waals surface area contributed by atoms with E-state index in [4.69, 9.17) is 0 Å². The molecule has 0 aliphatic rings. The Balaban J connectivity index is 4.45. The molecule has 0 spiro atoms. The van der Waals surface area contributed by atoms with E-state index in [0.29, 0.717) is 13.0 Å². The van der Waals surface area contributed by atoms with Gasteiger partial charge in [0.05, 0.1) is 0 Å². The van der Waals surface area contributed by atoms with Gasteiger partial charge < -0.3 is 10.2 Å². The fraction of sp³-hybridized carbons (Fsp3) is 0.769. The van der Waals surface area contributed by atoms with Crippen molar-refractivity contribution >= 4 is 5.91 Å². The van der Waals surface area contributed by atoms with Crippen LogP contribution in [0.4, 0.5) is 0 Å². The molecule has 1 unspecified atom stereocenters. The van der Waals surface area contributed by atoms with Crippen LogP contribution < -0.4 is 5.32 Å². The molecule has 0 bridgehead atoms. The summed E-state index contributed by atoms with van der Waals surface area (Å²) in [6.07, 6.45) is 2.32. The number of carbonyl (C=O) groups is 1. The minimum absolute atomic E-state index is 0.142. The van der Waals surface area contributed by atoms with E-state index in [1.54, 1.807) is 6.08 Å². The Labute approximate surface area is 99.9 Å². The maximum Gasteiger partial charge on any atom is 0.224 e. The summed E-state index contributed by atoms with van der Waals surface area (Å²) in [4.78, 5) is 14.0. The molecule has 0 aliphatic carbocycles. The van der Waals surface area contributed by atoms with Gasteiger partial charge in [0.15, 0.2) is 0 Å². The van der Waals surface area contributed by atoms with Gasteiger partial charge in [-0.3, -0.25) is 4.79 Å². The van der Waals surface area contributed by atoms with Gasteiger partial charge in [0.1, 0.15) is 0 Å². The Bertz CT molecular complexity index is 231. The van der Waals surface area contributed by atoms with Crippen LogP contribution in [0.3, 0.4) is 0 Å². The predicted molar refractivity (Wildman–Crippen MR) is 69.4 cm³/mol. The molecule has 0 radical (unpaired) electrons. The first kappa shape index (κ1) is 15.2. The zero-order valence-electron chi connectivity index (χ0n) is 11.3. The molecule has 94 valence electrons. The summed E-state index contributed by atoms with van der Waals surface area (Å²) in [5.41, 5.74) is -0.142. The second-order valence-corrected chi connectivity index (χ2v) is 5.13. The zero-order chi connectivity index (χ0) is 12.8. The van der Waals surface area contributed by atoms with Gasteiger partial charge in [-0.2, -0.15) is 0 Å². The van der Waals surface area contributed by atoms with Gasteiger partial charge in [0, 0.05) is 24.5 Å². The van der Waals surface area contributed by atoms with Crippen molar-refractivity contribution in [3.05, 3.63) is 12.7 Å². The van der Waals surface area contributed by atoms with E-state index in [0.717, 1.165) is 6.54 Å². The molecular weight excluding hydrogens is 200 g/mol. The molecule has 0 aromatic rings. The summed E-state index contributed by atoms with van der Waals surface area (Å²) >= 11 is 0. The number of rotatable bonds is 6. The average molecular weight is 226 g/mol. The highest BCUT2D eigenvalue weighted by Gasteiger charge is 2.25. The zero-order valence-corrected chi connectivity index (χ0v) is 11.3. The standard InChI is InChI=1S/C13H26N2O/c1-7-9-15(13(4,5)6)12(16)10-11(3)14-8-2/h7,11,14H,1,8-10H2,2-6H3. The molecule has 0 fully saturated rings. The van der Waals surface area contributed by atoms with Crippen molar-refractivity contribution in [2.45, 2.75) is 52.6 Å². The molecular formula is C13H26N2O. The summed E-state index contributed by atoms with van der Waals surface area (Å²) in [7, 11) is 0. The van der Waals surface area contributed by atoms with Crippen molar-refractivity contribution in [3.63, 3.8) is 0 Å². The van der Waals surface area contributed by atoms with E-state index in [2.05, 4.69) is 11.9 Å². The van der Waals surface area contributed by atoms with Crippen molar-refractivity contribution in [3.8, 4) is 0 Å². The SMILES string of the molecule is C=CCN(C(=O)CC(C)NCC)C(C)(C)C. The van der Waals surface area contributed by atoms with Crippen molar-refractivity contribution in [1.29, 1.82) is 0 Å². The summed E-state index contributed by atoms with van der Waals surface area (Å²) in [5, 5.41) is 3.25. The summed E-state index contributed by atoms with van der Waals surface area (Å²) in [6, 6.07) is 0.229. The van der Waals surface area contributed by atoms with E-state index in [-0.39, 0.29) is 17.5 Å². The number of nitrogens with zero attached hydrogens (tertiary/aromatic N) is 1. The molecule has 0 aliphatic heterocycles. The molecule has 16 heavy (non-hydrogen) atoms. The molecule has 0 rings (SSSR count). The second-order valence-electron chi connectivity index (χ2n) is 5.13. The highest BCUT2D eigenvalue weighted by atomic mass is 16.2. The Morgan fingerprint density at radius 1 is 1.50 bits per heavy atom. The molecule has 3 heteroatoms. The Hall–Kier alpha value is -0.830. The van der Waals surface area contributed by atoms with Crippen LogP contribution >= 0.6 is 0 Å². The highest BCUT2D eigenvalue weighted by Crippen LogP contribution is 2.15. The third-order valence-electron chi connectivity index (χ3n) is 2.46. The van der Waals surface area contributed by atoms with Crippen molar-refractivity contribution in [2.75, 3.05) is 13.1 Å². The molecule has 0 heterocycles. The maximum atomic E-state index is 12.1. The van der Waals surface area contributed by atoms with Gasteiger partial charge in [-0.05, 0) is 34.2 Å². The lowest BCUT2D eigenvalue weighted by Crippen LogP contribution is -2.47. The smallest absolute Gasteiger partial charge is 0.224 e. The van der Waals surface area contributed by atoms with E-state index in [9.17, 15) is 4.79 Å². The quantitative estimate of drug-likeness (QED) is 0.704. The minimum atomic E-state index is -0.142. The van der Waals surface area contributed by atoms with Crippen LogP contribution in [0.2, 0.25) is 0 Å². The molecule has 3 nitrogen and oxygen atoms in total. The van der Waals surface area contributed by atoms with Crippen LogP contribution in [-0.2, 0) is 4.79 Å². The summed E-state index contributed by atoms with van der Waals surface area (Å²) in [5.74, 6) is 0.181. The molecule has 0 aromatic carbocycles. The third-order valence-corrected chi connectivity index (χ3v) is 2.46. The summed E-state index contributed by atoms with van der Waals surface area (Å²) in [6.45, 7) is 15.4. The van der Waals surface area contributed by atoms with E-state index in [1.165, 1.54) is 0 Å². The first-order chi connectivity index (χ1) is 7.32. The third kappa shape index (κ3) is 5.31. The normalized spacial score (nSPS) is 13.3. The highest BCUT2D eigenvalue weighted by molar-refractivity contribution is 5.77. The number of carbonyl (C=O) groups excluding carboxylic acids is 1. The molecule has 1 atom stereocenters. The monoisotopic (exact) mass is 226 g/mol. The van der Waals surface area contributed by atoms with E-state index in [1.807, 2.05) is 39.5 Å². The Morgan fingerprint density at radius 2 is 2.06 bits per heavy atom. The van der Waals surface area contributed by atoms with E-state index < -0.39 is 0 Å². The van der Waals surface area contributed by atoms with Crippen LogP contribution in [0.25, 0.3) is 0 Å². The molecule has 0 saturated heterocycles. The maximum absolute atomic E-state index is 12.1. The number of amides is 1. The van der Waals surface area contributed by atoms with Crippen LogP contribution in [0.5, 0.6) is 0 Å². The van der Waals surface area contributed by atoms with E-state index >= 15 is 0 Å². The second kappa shape index (κ2) is 6.69. The van der Waals surface area contributed by atoms with Crippen LogP contribution in [-0.4, -0.2) is 35.5 Å². The summed E-state index contributed by atoms with van der Waals surface area (Å²) < 4.78 is 0. The van der Waals surface area contributed by atoms with Crippen LogP contribution in [0, 0.1) is 0 Å². The largest absolute Gasteiger partial charge is 0.334 e. The van der Waals surface area contributed by atoms with Crippen molar-refractivity contribution in [2.24, 2.45) is 0 Å². The lowest BCUT2D eigenvalue weighted by atomic mass is 10.0. The number of hydrogen-bond donors (Lipinski definition) is 1. The number of nitrogens with one attached hydrogen (secondary N) is 1. The number of hydrogen-bond acceptors (Lipinski definition) is 2. The fourth-order valence-corrected chi connectivity index (χ4v) is 1.67. The topological polar surface area (TPSA) is 32.3 Å². The van der Waals surface area contributed by atoms with Crippen LogP contribution in [0.1, 0.15) is 41.0 Å². The average Bonchev–Trinajstić information content (AvgIpc) is 2.12. The lowest BCUT2D eigenvalue weighted by Gasteiger charge is -2.35. The van der Waals surface area contributed by atoms with Crippen LogP contribution in [0.15, 0.2) is 12.7 Å². The molecule has 1 amide bonds. The van der Waals surface area contributed by atoms with Crippen molar-refractivity contribution in [1.82, 2.24) is 10.2 Å². The first-order valence-electron chi connectivity index (χ1n) is 5.97. The Kier molecular flexibility index (Phi) is 6.34. The molecule has 0 saturated carbocycles. The van der Waals surface area contributed by atoms with Crippen molar-refractivity contribution < 1.29 is 4.79 Å². The van der Waals surface area contributed by atoms with Gasteiger partial charge in [0.2, 0.25) is 5.91 Å².